The Labute approximate surface area is 122 Å². The zero-order valence-corrected chi connectivity index (χ0v) is 13.3. The number of nitrogens with one attached hydrogen (secondary N) is 1. The molecular formula is C15H24N2O2S. The van der Waals surface area contributed by atoms with Gasteiger partial charge < -0.3 is 5.32 Å². The molecule has 1 heterocycles. The van der Waals surface area contributed by atoms with E-state index in [0.29, 0.717) is 11.4 Å². The summed E-state index contributed by atoms with van der Waals surface area (Å²) in [6.07, 6.45) is 2.79. The molecule has 2 atom stereocenters. The molecule has 20 heavy (non-hydrogen) atoms. The van der Waals surface area contributed by atoms with Crippen LogP contribution < -0.4 is 5.32 Å². The predicted molar refractivity (Wildman–Crippen MR) is 81.0 cm³/mol. The molecule has 0 spiro atoms. The van der Waals surface area contributed by atoms with Gasteiger partial charge in [-0.05, 0) is 44.9 Å². The normalized spacial score (nSPS) is 24.1. The molecule has 0 saturated carbocycles. The van der Waals surface area contributed by atoms with Crippen molar-refractivity contribution >= 4 is 10.0 Å². The highest BCUT2D eigenvalue weighted by Gasteiger charge is 2.39. The predicted octanol–water partition coefficient (Wildman–Crippen LogP) is 2.36. The molecule has 0 aliphatic carbocycles. The standard InChI is InChI=1S/C15H24N2O2S/c1-4-14-10-9-12(2)17(14)20(18,19)15-8-6-5-7-13(15)11-16-3/h5-8,12,14,16H,4,9-11H2,1-3H3. The molecule has 5 heteroatoms. The van der Waals surface area contributed by atoms with Gasteiger partial charge in [0, 0.05) is 18.6 Å². The van der Waals surface area contributed by atoms with Crippen LogP contribution in [-0.4, -0.2) is 31.9 Å². The van der Waals surface area contributed by atoms with Crippen LogP contribution in [0.25, 0.3) is 0 Å². The highest BCUT2D eigenvalue weighted by molar-refractivity contribution is 7.89. The molecule has 112 valence electrons. The van der Waals surface area contributed by atoms with Crippen molar-refractivity contribution in [2.24, 2.45) is 0 Å². The van der Waals surface area contributed by atoms with Gasteiger partial charge in [0.05, 0.1) is 4.90 Å². The molecule has 4 nitrogen and oxygen atoms in total. The Bertz CT molecular complexity index is 557. The van der Waals surface area contributed by atoms with Crippen LogP contribution in [-0.2, 0) is 16.6 Å². The van der Waals surface area contributed by atoms with Crippen molar-refractivity contribution in [3.8, 4) is 0 Å². The minimum atomic E-state index is -3.41. The average Bonchev–Trinajstić information content (AvgIpc) is 2.81. The van der Waals surface area contributed by atoms with Crippen LogP contribution in [0, 0.1) is 0 Å². The van der Waals surface area contributed by atoms with E-state index >= 15 is 0 Å². The van der Waals surface area contributed by atoms with Crippen molar-refractivity contribution in [1.29, 1.82) is 0 Å². The first-order chi connectivity index (χ1) is 9.52. The van der Waals surface area contributed by atoms with E-state index in [9.17, 15) is 8.42 Å². The van der Waals surface area contributed by atoms with Gasteiger partial charge in [-0.2, -0.15) is 4.31 Å². The molecule has 1 aromatic rings. The van der Waals surface area contributed by atoms with E-state index in [0.717, 1.165) is 24.8 Å². The van der Waals surface area contributed by atoms with Crippen molar-refractivity contribution in [1.82, 2.24) is 9.62 Å². The third-order valence-electron chi connectivity index (χ3n) is 4.08. The van der Waals surface area contributed by atoms with Crippen LogP contribution in [0.1, 0.15) is 38.7 Å². The summed E-state index contributed by atoms with van der Waals surface area (Å²) < 4.78 is 27.7. The fourth-order valence-corrected chi connectivity index (χ4v) is 5.25. The zero-order chi connectivity index (χ0) is 14.8. The molecule has 0 radical (unpaired) electrons. The Hall–Kier alpha value is -0.910. The van der Waals surface area contributed by atoms with Crippen molar-refractivity contribution in [2.75, 3.05) is 7.05 Å². The van der Waals surface area contributed by atoms with Gasteiger partial charge in [0.25, 0.3) is 0 Å². The van der Waals surface area contributed by atoms with E-state index in [2.05, 4.69) is 12.2 Å². The van der Waals surface area contributed by atoms with E-state index in [-0.39, 0.29) is 12.1 Å². The molecule has 1 aromatic carbocycles. The SMILES string of the molecule is CCC1CCC(C)N1S(=O)(=O)c1ccccc1CNC. The molecule has 1 fully saturated rings. The van der Waals surface area contributed by atoms with E-state index in [1.54, 1.807) is 16.4 Å². The Morgan fingerprint density at radius 1 is 1.30 bits per heavy atom. The molecular weight excluding hydrogens is 272 g/mol. The maximum atomic E-state index is 13.0. The minimum Gasteiger partial charge on any atom is -0.316 e. The van der Waals surface area contributed by atoms with Crippen LogP contribution in [0.2, 0.25) is 0 Å². The molecule has 0 amide bonds. The van der Waals surface area contributed by atoms with Crippen molar-refractivity contribution < 1.29 is 8.42 Å². The zero-order valence-electron chi connectivity index (χ0n) is 12.5. The number of hydrogen-bond donors (Lipinski definition) is 1. The van der Waals surface area contributed by atoms with Gasteiger partial charge in [-0.15, -0.1) is 0 Å². The first kappa shape index (κ1) is 15.5. The number of nitrogens with zero attached hydrogens (tertiary/aromatic N) is 1. The maximum absolute atomic E-state index is 13.0. The van der Waals surface area contributed by atoms with E-state index in [1.165, 1.54) is 0 Å². The highest BCUT2D eigenvalue weighted by atomic mass is 32.2. The summed E-state index contributed by atoms with van der Waals surface area (Å²) in [6, 6.07) is 7.51. The Balaban J connectivity index is 2.44. The lowest BCUT2D eigenvalue weighted by Gasteiger charge is -2.28. The Kier molecular flexibility index (Phi) is 4.83. The monoisotopic (exact) mass is 296 g/mol. The van der Waals surface area contributed by atoms with Gasteiger partial charge in [0.2, 0.25) is 10.0 Å². The summed E-state index contributed by atoms with van der Waals surface area (Å²) in [5, 5.41) is 3.04. The number of sulfonamides is 1. The minimum absolute atomic E-state index is 0.0904. The van der Waals surface area contributed by atoms with Crippen molar-refractivity contribution in [3.63, 3.8) is 0 Å². The fourth-order valence-electron chi connectivity index (χ4n) is 3.07. The van der Waals surface area contributed by atoms with Crippen LogP contribution in [0.5, 0.6) is 0 Å². The molecule has 2 unspecified atom stereocenters. The third-order valence-corrected chi connectivity index (χ3v) is 6.25. The second-order valence-corrected chi connectivity index (χ2v) is 7.27. The van der Waals surface area contributed by atoms with E-state index < -0.39 is 10.0 Å². The molecule has 0 bridgehead atoms. The van der Waals surface area contributed by atoms with Crippen LogP contribution in [0.15, 0.2) is 29.2 Å². The molecule has 1 saturated heterocycles. The van der Waals surface area contributed by atoms with Gasteiger partial charge in [0.15, 0.2) is 0 Å². The second-order valence-electron chi connectivity index (χ2n) is 5.46. The fraction of sp³-hybridized carbons (Fsp3) is 0.600. The van der Waals surface area contributed by atoms with Crippen LogP contribution in [0.3, 0.4) is 0 Å². The van der Waals surface area contributed by atoms with E-state index in [4.69, 9.17) is 0 Å². The maximum Gasteiger partial charge on any atom is 0.243 e. The summed E-state index contributed by atoms with van der Waals surface area (Å²) in [5.41, 5.74) is 0.837. The summed E-state index contributed by atoms with van der Waals surface area (Å²) >= 11 is 0. The molecule has 2 rings (SSSR count). The summed E-state index contributed by atoms with van der Waals surface area (Å²) in [7, 11) is -1.58. The largest absolute Gasteiger partial charge is 0.316 e. The van der Waals surface area contributed by atoms with Gasteiger partial charge in [-0.25, -0.2) is 8.42 Å². The molecule has 1 aliphatic rings. The Morgan fingerprint density at radius 3 is 2.65 bits per heavy atom. The molecule has 0 aromatic heterocycles. The smallest absolute Gasteiger partial charge is 0.243 e. The van der Waals surface area contributed by atoms with Crippen LogP contribution >= 0.6 is 0 Å². The highest BCUT2D eigenvalue weighted by Crippen LogP contribution is 2.33. The lowest BCUT2D eigenvalue weighted by molar-refractivity contribution is 0.328. The molecule has 1 N–H and O–H groups in total. The summed E-state index contributed by atoms with van der Waals surface area (Å²) in [4.78, 5) is 0.446. The summed E-state index contributed by atoms with van der Waals surface area (Å²) in [5.74, 6) is 0. The topological polar surface area (TPSA) is 49.4 Å². The van der Waals surface area contributed by atoms with Gasteiger partial charge in [-0.3, -0.25) is 0 Å². The van der Waals surface area contributed by atoms with Crippen LogP contribution in [0.4, 0.5) is 0 Å². The van der Waals surface area contributed by atoms with E-state index in [1.807, 2.05) is 26.1 Å². The number of rotatable bonds is 5. The molecule has 1 aliphatic heterocycles. The number of hydrogen-bond acceptors (Lipinski definition) is 3. The average molecular weight is 296 g/mol. The van der Waals surface area contributed by atoms with Gasteiger partial charge >= 0.3 is 0 Å². The van der Waals surface area contributed by atoms with Crippen molar-refractivity contribution in [2.45, 2.75) is 56.6 Å². The Morgan fingerprint density at radius 2 is 2.00 bits per heavy atom. The second kappa shape index (κ2) is 6.24. The lowest BCUT2D eigenvalue weighted by Crippen LogP contribution is -2.40. The third kappa shape index (κ3) is 2.75. The first-order valence-corrected chi connectivity index (χ1v) is 8.72. The first-order valence-electron chi connectivity index (χ1n) is 7.28. The summed E-state index contributed by atoms with van der Waals surface area (Å²) in [6.45, 7) is 4.63. The van der Waals surface area contributed by atoms with Crippen molar-refractivity contribution in [3.05, 3.63) is 29.8 Å². The lowest BCUT2D eigenvalue weighted by atomic mass is 10.2. The van der Waals surface area contributed by atoms with Gasteiger partial charge in [-0.1, -0.05) is 25.1 Å². The number of benzene rings is 1. The quantitative estimate of drug-likeness (QED) is 0.907. The van der Waals surface area contributed by atoms with Gasteiger partial charge in [0.1, 0.15) is 0 Å².